The minimum atomic E-state index is -7.22. The van der Waals surface area contributed by atoms with Crippen molar-refractivity contribution in [3.8, 4) is 5.75 Å². The van der Waals surface area contributed by atoms with Gasteiger partial charge in [0.2, 0.25) is 5.78 Å². The van der Waals surface area contributed by atoms with Gasteiger partial charge in [-0.3, -0.25) is 4.79 Å². The van der Waals surface area contributed by atoms with Crippen molar-refractivity contribution in [3.05, 3.63) is 237 Å². The number of carbonyl (C=O) groups excluding carboxylic acids is 1. The lowest BCUT2D eigenvalue weighted by Gasteiger charge is -2.44. The van der Waals surface area contributed by atoms with E-state index in [4.69, 9.17) is 4.74 Å². The number of ketones is 1. The molecule has 0 aromatic heterocycles. The van der Waals surface area contributed by atoms with Crippen LogP contribution in [0.3, 0.4) is 0 Å². The third-order valence-corrected chi connectivity index (χ3v) is 16.4. The Bertz CT molecular complexity index is 3050. The van der Waals surface area contributed by atoms with Gasteiger partial charge in [-0.05, 0) is 48.5 Å². The molecule has 2 nitrogen and oxygen atoms in total. The molecule has 8 rings (SSSR count). The van der Waals surface area contributed by atoms with E-state index in [1.807, 2.05) is 42.5 Å². The Morgan fingerprint density at radius 1 is 0.333 bits per heavy atom. The molecule has 0 aliphatic heterocycles. The number of para-hydroxylation sites is 1. The van der Waals surface area contributed by atoms with Crippen molar-refractivity contribution in [2.75, 3.05) is 13.3 Å². The Morgan fingerprint density at radius 2 is 0.547 bits per heavy atom. The van der Waals surface area contributed by atoms with Crippen molar-refractivity contribution in [2.45, 2.75) is 0 Å². The summed E-state index contributed by atoms with van der Waals surface area (Å²) in [5, 5.41) is 3.60. The quantitative estimate of drug-likeness (QED) is 0.0322. The molecule has 0 N–H and O–H groups in total. The van der Waals surface area contributed by atoms with Gasteiger partial charge in [-0.25, -0.2) is 87.8 Å². The van der Waals surface area contributed by atoms with Crippen LogP contribution >= 0.6 is 7.26 Å². The maximum Gasteiger partial charge on any atom is 0.204 e. The first-order valence-corrected chi connectivity index (χ1v) is 22.9. The van der Waals surface area contributed by atoms with Crippen LogP contribution in [-0.4, -0.2) is 25.2 Å². The van der Waals surface area contributed by atoms with E-state index in [0.717, 1.165) is 0 Å². The van der Waals surface area contributed by atoms with E-state index in [0.29, 0.717) is 17.5 Å². The second kappa shape index (κ2) is 21.3. The lowest BCUT2D eigenvalue weighted by Crippen LogP contribution is -2.81. The van der Waals surface area contributed by atoms with E-state index < -0.39 is 152 Å². The molecule has 0 atom stereocenters. The van der Waals surface area contributed by atoms with Crippen molar-refractivity contribution < 1.29 is 97.3 Å². The summed E-state index contributed by atoms with van der Waals surface area (Å²) in [7, 11) is -0.599. The maximum absolute atomic E-state index is 15.4. The smallest absolute Gasteiger partial charge is 0.204 e. The van der Waals surface area contributed by atoms with Crippen LogP contribution < -0.4 is 42.5 Å². The zero-order valence-corrected chi connectivity index (χ0v) is 38.0. The molecule has 8 aromatic rings. The van der Waals surface area contributed by atoms with Crippen LogP contribution in [0, 0.1) is 116 Å². The Balaban J connectivity index is 0.000000236. The molecule has 0 amide bonds. The lowest BCUT2D eigenvalue weighted by atomic mass is 9.12. The molecule has 0 saturated carbocycles. The van der Waals surface area contributed by atoms with Gasteiger partial charge in [0, 0.05) is 0 Å². The maximum atomic E-state index is 15.4. The van der Waals surface area contributed by atoms with Crippen LogP contribution in [0.2, 0.25) is 0 Å². The zero-order chi connectivity index (χ0) is 55.2. The minimum Gasteiger partial charge on any atom is -0.496 e. The van der Waals surface area contributed by atoms with Gasteiger partial charge in [0.1, 0.15) is 87.8 Å². The van der Waals surface area contributed by atoms with Crippen LogP contribution in [0.25, 0.3) is 0 Å². The van der Waals surface area contributed by atoms with E-state index in [1.54, 1.807) is 7.11 Å². The largest absolute Gasteiger partial charge is 0.496 e. The summed E-state index contributed by atoms with van der Waals surface area (Å²) in [4.78, 5) is 13.7. The van der Waals surface area contributed by atoms with Crippen molar-refractivity contribution in [1.82, 2.24) is 0 Å². The molecule has 0 bridgehead atoms. The van der Waals surface area contributed by atoms with Gasteiger partial charge in [-0.15, -0.1) is 21.9 Å². The Labute approximate surface area is 409 Å². The lowest BCUT2D eigenvalue weighted by molar-refractivity contribution is 0.101. The van der Waals surface area contributed by atoms with E-state index >= 15 is 35.1 Å². The van der Waals surface area contributed by atoms with Crippen LogP contribution in [0.15, 0.2) is 115 Å². The topological polar surface area (TPSA) is 26.3 Å². The fraction of sp³-hybridized carbons (Fsp3) is 0.0392. The molecular formula is C51H24BF20O2P. The standard InChI is InChI=1S/C27H24O2P.C24BF20/c1-29-27-20-12-11-19-25(27)26(28)21-30(22-13-5-2-6-14-22,23-15-7-3-8-16-23)24-17-9-4-10-18-24;26-5-1(6(27)14(35)21(42)13(5)34)25(2-7(28)15(36)22(43)16(37)8(2)29,3-9(30)17(38)23(44)18(39)10(3)31)4-11(32)19(40)24(45)20(41)12(4)33/h2-20H,21H2,1H3;/q+1;-1. The van der Waals surface area contributed by atoms with Crippen LogP contribution in [0.1, 0.15) is 10.4 Å². The molecule has 0 aliphatic rings. The minimum absolute atomic E-state index is 0.0948. The third kappa shape index (κ3) is 8.83. The summed E-state index contributed by atoms with van der Waals surface area (Å²) in [5.74, 6) is -70.7. The van der Waals surface area contributed by atoms with Crippen molar-refractivity contribution in [3.63, 3.8) is 0 Å². The summed E-state index contributed by atoms with van der Waals surface area (Å²) in [5.41, 5.74) is -13.7. The first-order valence-electron chi connectivity index (χ1n) is 20.9. The number of methoxy groups -OCH3 is 1. The van der Waals surface area contributed by atoms with Gasteiger partial charge >= 0.3 is 0 Å². The number of halogens is 20. The highest BCUT2D eigenvalue weighted by molar-refractivity contribution is 7.96. The Morgan fingerprint density at radius 3 is 0.787 bits per heavy atom. The number of hydrogen-bond acceptors (Lipinski definition) is 2. The number of benzene rings is 8. The summed E-state index contributed by atoms with van der Waals surface area (Å²) in [6.07, 6.45) is -6.81. The second-order valence-electron chi connectivity index (χ2n) is 15.9. The van der Waals surface area contributed by atoms with E-state index in [-0.39, 0.29) is 5.78 Å². The molecule has 0 radical (unpaired) electrons. The average molecular weight is 1090 g/mol. The van der Waals surface area contributed by atoms with Gasteiger partial charge in [0.05, 0.1) is 12.7 Å². The highest BCUT2D eigenvalue weighted by Crippen LogP contribution is 2.56. The fourth-order valence-electron chi connectivity index (χ4n) is 8.82. The van der Waals surface area contributed by atoms with Gasteiger partial charge in [0.15, 0.2) is 69.8 Å². The number of ether oxygens (including phenoxy) is 1. The van der Waals surface area contributed by atoms with Crippen molar-refractivity contribution in [1.29, 1.82) is 0 Å². The average Bonchev–Trinajstić information content (AvgIpc) is 3.43. The summed E-state index contributed by atoms with van der Waals surface area (Å²) in [6, 6.07) is 38.9. The normalized spacial score (nSPS) is 11.6. The first kappa shape index (κ1) is 55.1. The van der Waals surface area contributed by atoms with E-state index in [1.165, 1.54) is 15.9 Å². The van der Waals surface area contributed by atoms with Crippen molar-refractivity contribution in [2.24, 2.45) is 0 Å². The van der Waals surface area contributed by atoms with Gasteiger partial charge in [-0.2, -0.15) is 0 Å². The van der Waals surface area contributed by atoms with Crippen LogP contribution in [-0.2, 0) is 0 Å². The molecule has 75 heavy (non-hydrogen) atoms. The fourth-order valence-corrected chi connectivity index (χ4v) is 12.9. The molecule has 0 aliphatic carbocycles. The molecule has 388 valence electrons. The Kier molecular flexibility index (Phi) is 15.6. The molecule has 24 heteroatoms. The van der Waals surface area contributed by atoms with Crippen LogP contribution in [0.4, 0.5) is 87.8 Å². The summed E-state index contributed by atoms with van der Waals surface area (Å²) in [6.45, 7) is 0. The van der Waals surface area contributed by atoms with Crippen molar-refractivity contribution >= 4 is 57.0 Å². The SMILES string of the molecule is COc1ccccc1C(=O)C[P+](c1ccccc1)(c1ccccc1)c1ccccc1.Fc1c(F)c(F)c([B-](c2c(F)c(F)c(F)c(F)c2F)(c2c(F)c(F)c(F)c(F)c2F)c2c(F)c(F)c(F)c(F)c2F)c(F)c1F. The van der Waals surface area contributed by atoms with Gasteiger partial charge < -0.3 is 4.74 Å². The zero-order valence-electron chi connectivity index (χ0n) is 37.1. The summed E-state index contributed by atoms with van der Waals surface area (Å²) >= 11 is 0. The summed E-state index contributed by atoms with van der Waals surface area (Å²) < 4.78 is 299. The number of Topliss-reactive ketones (excluding diaryl/α,β-unsaturated/α-hetero) is 1. The molecule has 0 fully saturated rings. The predicted molar refractivity (Wildman–Crippen MR) is 237 cm³/mol. The van der Waals surface area contributed by atoms with Gasteiger partial charge in [0.25, 0.3) is 0 Å². The molecule has 8 aromatic carbocycles. The van der Waals surface area contributed by atoms with Gasteiger partial charge in [-0.1, -0.05) is 66.7 Å². The third-order valence-electron chi connectivity index (χ3n) is 12.1. The predicted octanol–water partition coefficient (Wildman–Crippen LogP) is 10.7. The number of carbonyl (C=O) groups is 1. The molecule has 0 heterocycles. The first-order chi connectivity index (χ1) is 35.5. The van der Waals surface area contributed by atoms with Crippen LogP contribution in [0.5, 0.6) is 5.75 Å². The molecule has 0 saturated heterocycles. The number of rotatable bonds is 11. The number of hydrogen-bond donors (Lipinski definition) is 0. The van der Waals surface area contributed by atoms with E-state index in [2.05, 4.69) is 72.8 Å². The Hall–Kier alpha value is -7.68. The molecular weight excluding hydrogens is 1070 g/mol. The highest BCUT2D eigenvalue weighted by Gasteiger charge is 2.53. The molecule has 0 spiro atoms. The second-order valence-corrected chi connectivity index (χ2v) is 19.4. The molecule has 0 unspecified atom stereocenters. The monoisotopic (exact) mass is 1090 g/mol. The van der Waals surface area contributed by atoms with E-state index in [9.17, 15) is 57.5 Å². The highest BCUT2D eigenvalue weighted by atomic mass is 31.2.